The van der Waals surface area contributed by atoms with Crippen molar-refractivity contribution in [3.63, 3.8) is 0 Å². The number of esters is 1. The molecule has 0 spiro atoms. The van der Waals surface area contributed by atoms with Crippen LogP contribution in [0.2, 0.25) is 0 Å². The second-order valence-electron chi connectivity index (χ2n) is 2.75. The van der Waals surface area contributed by atoms with Crippen LogP contribution in [-0.4, -0.2) is 23.7 Å². The molecule has 0 aliphatic rings. The molecule has 0 saturated heterocycles. The highest BCUT2D eigenvalue weighted by Crippen LogP contribution is 2.03. The second kappa shape index (κ2) is 7.74. The first-order valence-corrected chi connectivity index (χ1v) is 5.72. The van der Waals surface area contributed by atoms with Crippen molar-refractivity contribution < 1.29 is 14.3 Å². The van der Waals surface area contributed by atoms with Crippen molar-refractivity contribution in [2.24, 2.45) is 0 Å². The maximum atomic E-state index is 11.3. The lowest BCUT2D eigenvalue weighted by Gasteiger charge is -2.04. The number of alkyl halides is 1. The Labute approximate surface area is 92.6 Å². The van der Waals surface area contributed by atoms with Crippen molar-refractivity contribution in [3.05, 3.63) is 11.6 Å². The zero-order chi connectivity index (χ0) is 11.0. The van der Waals surface area contributed by atoms with Crippen LogP contribution in [0.1, 0.15) is 26.7 Å². The zero-order valence-electron chi connectivity index (χ0n) is 8.51. The van der Waals surface area contributed by atoms with E-state index in [1.54, 1.807) is 6.92 Å². The molecule has 0 amide bonds. The fraction of sp³-hybridized carbons (Fsp3) is 0.600. The van der Waals surface area contributed by atoms with Gasteiger partial charge < -0.3 is 4.74 Å². The Morgan fingerprint density at radius 2 is 2.07 bits per heavy atom. The molecule has 0 aromatic rings. The Morgan fingerprint density at radius 3 is 2.50 bits per heavy atom. The van der Waals surface area contributed by atoms with E-state index in [9.17, 15) is 9.59 Å². The summed E-state index contributed by atoms with van der Waals surface area (Å²) < 4.78 is 4.91. The SMILES string of the molecule is C/C=C(/C(=O)CBr)C(=O)OCCCC. The summed E-state index contributed by atoms with van der Waals surface area (Å²) in [4.78, 5) is 22.5. The molecule has 0 aromatic heterocycles. The van der Waals surface area contributed by atoms with Crippen LogP contribution in [-0.2, 0) is 14.3 Å². The fourth-order valence-electron chi connectivity index (χ4n) is 0.852. The summed E-state index contributed by atoms with van der Waals surface area (Å²) in [6, 6.07) is 0. The molecule has 0 fully saturated rings. The van der Waals surface area contributed by atoms with Crippen LogP contribution >= 0.6 is 15.9 Å². The van der Waals surface area contributed by atoms with Gasteiger partial charge in [-0.25, -0.2) is 4.79 Å². The summed E-state index contributed by atoms with van der Waals surface area (Å²) in [5, 5.41) is 0.148. The van der Waals surface area contributed by atoms with Gasteiger partial charge in [-0.3, -0.25) is 4.79 Å². The summed E-state index contributed by atoms with van der Waals surface area (Å²) in [5.41, 5.74) is 0.123. The lowest BCUT2D eigenvalue weighted by molar-refractivity contribution is -0.140. The van der Waals surface area contributed by atoms with Crippen molar-refractivity contribution in [2.75, 3.05) is 11.9 Å². The lowest BCUT2D eigenvalue weighted by Crippen LogP contribution is -2.17. The number of carbonyl (C=O) groups is 2. The maximum Gasteiger partial charge on any atom is 0.341 e. The monoisotopic (exact) mass is 262 g/mol. The van der Waals surface area contributed by atoms with Crippen LogP contribution in [0.3, 0.4) is 0 Å². The molecule has 0 heterocycles. The minimum absolute atomic E-state index is 0.123. The van der Waals surface area contributed by atoms with E-state index in [1.807, 2.05) is 6.92 Å². The van der Waals surface area contributed by atoms with Gasteiger partial charge in [0.05, 0.1) is 17.5 Å². The number of unbranched alkanes of at least 4 members (excludes halogenated alkanes) is 1. The smallest absolute Gasteiger partial charge is 0.341 e. The summed E-state index contributed by atoms with van der Waals surface area (Å²) in [5.74, 6) is -0.764. The molecule has 0 rings (SSSR count). The van der Waals surface area contributed by atoms with E-state index in [0.717, 1.165) is 12.8 Å². The van der Waals surface area contributed by atoms with E-state index in [0.29, 0.717) is 6.61 Å². The fourth-order valence-corrected chi connectivity index (χ4v) is 1.15. The molecule has 0 saturated carbocycles. The van der Waals surface area contributed by atoms with Crippen molar-refractivity contribution in [1.82, 2.24) is 0 Å². The Morgan fingerprint density at radius 1 is 1.43 bits per heavy atom. The van der Waals surface area contributed by atoms with Crippen LogP contribution in [0.5, 0.6) is 0 Å². The number of halogens is 1. The molecule has 0 aromatic carbocycles. The number of ketones is 1. The molecule has 80 valence electrons. The molecule has 0 aliphatic carbocycles. The minimum Gasteiger partial charge on any atom is -0.462 e. The summed E-state index contributed by atoms with van der Waals surface area (Å²) in [7, 11) is 0. The van der Waals surface area contributed by atoms with Gasteiger partial charge in [0, 0.05) is 0 Å². The highest BCUT2D eigenvalue weighted by molar-refractivity contribution is 9.09. The first-order chi connectivity index (χ1) is 6.67. The third-order valence-electron chi connectivity index (χ3n) is 1.66. The van der Waals surface area contributed by atoms with Gasteiger partial charge in [-0.2, -0.15) is 0 Å². The van der Waals surface area contributed by atoms with E-state index >= 15 is 0 Å². The van der Waals surface area contributed by atoms with Gasteiger partial charge in [0.25, 0.3) is 0 Å². The Kier molecular flexibility index (Phi) is 7.38. The van der Waals surface area contributed by atoms with Gasteiger partial charge in [0.1, 0.15) is 0 Å². The molecule has 0 unspecified atom stereocenters. The van der Waals surface area contributed by atoms with Crippen molar-refractivity contribution in [3.8, 4) is 0 Å². The van der Waals surface area contributed by atoms with Crippen LogP contribution in [0.4, 0.5) is 0 Å². The van der Waals surface area contributed by atoms with Gasteiger partial charge in [-0.15, -0.1) is 0 Å². The van der Waals surface area contributed by atoms with E-state index in [4.69, 9.17) is 4.74 Å². The molecule has 0 bridgehead atoms. The first kappa shape index (κ1) is 13.4. The number of allylic oxidation sites excluding steroid dienone is 1. The third-order valence-corrected chi connectivity index (χ3v) is 2.17. The van der Waals surface area contributed by atoms with E-state index in [1.165, 1.54) is 6.08 Å². The summed E-state index contributed by atoms with van der Waals surface area (Å²) >= 11 is 3.01. The van der Waals surface area contributed by atoms with E-state index < -0.39 is 5.97 Å². The second-order valence-corrected chi connectivity index (χ2v) is 3.31. The lowest BCUT2D eigenvalue weighted by atomic mass is 10.2. The number of hydrogen-bond acceptors (Lipinski definition) is 3. The molecule has 0 radical (unpaired) electrons. The quantitative estimate of drug-likeness (QED) is 0.184. The van der Waals surface area contributed by atoms with E-state index in [2.05, 4.69) is 15.9 Å². The van der Waals surface area contributed by atoms with Crippen LogP contribution in [0.25, 0.3) is 0 Å². The largest absolute Gasteiger partial charge is 0.462 e. The molecule has 14 heavy (non-hydrogen) atoms. The average molecular weight is 263 g/mol. The predicted octanol–water partition coefficient (Wildman–Crippen LogP) is 2.24. The van der Waals surface area contributed by atoms with Gasteiger partial charge in [0.2, 0.25) is 0 Å². The van der Waals surface area contributed by atoms with Gasteiger partial charge in [-0.05, 0) is 13.3 Å². The molecule has 0 aliphatic heterocycles. The van der Waals surface area contributed by atoms with Crippen molar-refractivity contribution >= 4 is 27.7 Å². The van der Waals surface area contributed by atoms with Gasteiger partial charge >= 0.3 is 5.97 Å². The first-order valence-electron chi connectivity index (χ1n) is 4.59. The number of carbonyl (C=O) groups excluding carboxylic acids is 2. The van der Waals surface area contributed by atoms with Gasteiger partial charge in [0.15, 0.2) is 5.78 Å². The number of Topliss-reactive ketones (excluding diaryl/α,β-unsaturated/α-hetero) is 1. The number of ether oxygens (including phenoxy) is 1. The normalized spacial score (nSPS) is 11.2. The van der Waals surface area contributed by atoms with Crippen molar-refractivity contribution in [1.29, 1.82) is 0 Å². The highest BCUT2D eigenvalue weighted by Gasteiger charge is 2.16. The highest BCUT2D eigenvalue weighted by atomic mass is 79.9. The molecule has 0 N–H and O–H groups in total. The molecule has 4 heteroatoms. The Hall–Kier alpha value is -0.640. The van der Waals surface area contributed by atoms with Crippen LogP contribution in [0.15, 0.2) is 11.6 Å². The standard InChI is InChI=1S/C10H15BrO3/c1-3-5-6-14-10(13)8(4-2)9(12)7-11/h4H,3,5-7H2,1-2H3/b8-4-. The van der Waals surface area contributed by atoms with Crippen LogP contribution in [0, 0.1) is 0 Å². The van der Waals surface area contributed by atoms with Gasteiger partial charge in [-0.1, -0.05) is 35.4 Å². The number of hydrogen-bond donors (Lipinski definition) is 0. The summed E-state index contributed by atoms with van der Waals surface area (Å²) in [6.45, 7) is 4.03. The zero-order valence-corrected chi connectivity index (χ0v) is 10.1. The number of rotatable bonds is 6. The van der Waals surface area contributed by atoms with Crippen molar-refractivity contribution in [2.45, 2.75) is 26.7 Å². The van der Waals surface area contributed by atoms with Crippen LogP contribution < -0.4 is 0 Å². The molecular weight excluding hydrogens is 248 g/mol. The molecule has 0 atom stereocenters. The average Bonchev–Trinajstić information content (AvgIpc) is 2.19. The minimum atomic E-state index is -0.523. The third kappa shape index (κ3) is 4.56. The maximum absolute atomic E-state index is 11.3. The summed E-state index contributed by atoms with van der Waals surface area (Å²) in [6.07, 6.45) is 3.27. The topological polar surface area (TPSA) is 43.4 Å². The Balaban J connectivity index is 4.14. The Bertz CT molecular complexity index is 234. The molecule has 3 nitrogen and oxygen atoms in total. The van der Waals surface area contributed by atoms with E-state index in [-0.39, 0.29) is 16.7 Å². The predicted molar refractivity (Wildman–Crippen MR) is 58.4 cm³/mol. The molecular formula is C10H15BrO3.